The van der Waals surface area contributed by atoms with Gasteiger partial charge in [-0.2, -0.15) is 0 Å². The molecule has 0 heterocycles. The third-order valence-electron chi connectivity index (χ3n) is 4.92. The molecule has 1 atom stereocenters. The normalized spacial score (nSPS) is 28.5. The van der Waals surface area contributed by atoms with Crippen molar-refractivity contribution in [1.29, 1.82) is 0 Å². The molecule has 0 radical (unpaired) electrons. The lowest BCUT2D eigenvalue weighted by Gasteiger charge is -2.40. The Hall–Kier alpha value is -0.160. The molecule has 1 rings (SSSR count). The molecular weight excluding hydrogens is 248 g/mol. The highest BCUT2D eigenvalue weighted by molar-refractivity contribution is 4.98. The molecule has 4 nitrogen and oxygen atoms in total. The Bertz CT molecular complexity index is 237. The van der Waals surface area contributed by atoms with Gasteiger partial charge < -0.3 is 22.9 Å². The van der Waals surface area contributed by atoms with Crippen molar-refractivity contribution in [3.05, 3.63) is 0 Å². The summed E-state index contributed by atoms with van der Waals surface area (Å²) < 4.78 is 0. The zero-order valence-corrected chi connectivity index (χ0v) is 13.2. The van der Waals surface area contributed by atoms with Crippen LogP contribution in [0, 0.1) is 0 Å². The Morgan fingerprint density at radius 3 is 1.95 bits per heavy atom. The van der Waals surface area contributed by atoms with E-state index in [4.69, 9.17) is 22.9 Å². The summed E-state index contributed by atoms with van der Waals surface area (Å²) in [6.07, 6.45) is 14.0. The molecule has 1 aliphatic carbocycles. The van der Waals surface area contributed by atoms with E-state index >= 15 is 0 Å². The van der Waals surface area contributed by atoms with Gasteiger partial charge in [0.25, 0.3) is 0 Å². The average molecular weight is 284 g/mol. The van der Waals surface area contributed by atoms with Crippen LogP contribution in [-0.2, 0) is 0 Å². The minimum absolute atomic E-state index is 0.146. The molecule has 0 saturated heterocycles. The fourth-order valence-electron chi connectivity index (χ4n) is 3.23. The minimum atomic E-state index is -0.156. The van der Waals surface area contributed by atoms with E-state index in [1.165, 1.54) is 44.9 Å². The first-order valence-corrected chi connectivity index (χ1v) is 8.58. The van der Waals surface area contributed by atoms with Crippen LogP contribution in [0.1, 0.15) is 77.0 Å². The summed E-state index contributed by atoms with van der Waals surface area (Å²) >= 11 is 0. The highest BCUT2D eigenvalue weighted by Gasteiger charge is 2.35. The Balaban J connectivity index is 2.03. The van der Waals surface area contributed by atoms with Crippen molar-refractivity contribution in [3.63, 3.8) is 0 Å². The minimum Gasteiger partial charge on any atom is -0.330 e. The van der Waals surface area contributed by atoms with Crippen LogP contribution in [0.25, 0.3) is 0 Å². The molecule has 1 saturated carbocycles. The van der Waals surface area contributed by atoms with E-state index in [0.29, 0.717) is 6.04 Å². The molecule has 4 heteroatoms. The van der Waals surface area contributed by atoms with E-state index in [9.17, 15) is 0 Å². The summed E-state index contributed by atoms with van der Waals surface area (Å²) in [4.78, 5) is 0. The van der Waals surface area contributed by atoms with Crippen molar-refractivity contribution in [2.75, 3.05) is 6.54 Å². The van der Waals surface area contributed by atoms with Gasteiger partial charge in [-0.05, 0) is 45.1 Å². The first kappa shape index (κ1) is 17.9. The van der Waals surface area contributed by atoms with Gasteiger partial charge in [0, 0.05) is 17.6 Å². The molecule has 20 heavy (non-hydrogen) atoms. The number of nitrogens with two attached hydrogens (primary N) is 4. The SMILES string of the molecule is NCCCCCCCCCC(N)C1(N)CCC(N)CC1. The molecule has 1 unspecified atom stereocenters. The van der Waals surface area contributed by atoms with E-state index < -0.39 is 0 Å². The maximum absolute atomic E-state index is 6.47. The molecule has 0 amide bonds. The largest absolute Gasteiger partial charge is 0.330 e. The average Bonchev–Trinajstić information content (AvgIpc) is 2.45. The summed E-state index contributed by atoms with van der Waals surface area (Å²) in [6, 6.07) is 0.486. The van der Waals surface area contributed by atoms with Crippen molar-refractivity contribution in [3.8, 4) is 0 Å². The number of rotatable bonds is 10. The maximum atomic E-state index is 6.47. The van der Waals surface area contributed by atoms with Gasteiger partial charge in [-0.15, -0.1) is 0 Å². The van der Waals surface area contributed by atoms with Crippen molar-refractivity contribution in [1.82, 2.24) is 0 Å². The fraction of sp³-hybridized carbons (Fsp3) is 1.00. The van der Waals surface area contributed by atoms with Gasteiger partial charge in [-0.1, -0.05) is 38.5 Å². The van der Waals surface area contributed by atoms with Crippen LogP contribution < -0.4 is 22.9 Å². The Morgan fingerprint density at radius 1 is 0.900 bits per heavy atom. The zero-order chi connectivity index (χ0) is 14.8. The topological polar surface area (TPSA) is 104 Å². The molecule has 8 N–H and O–H groups in total. The van der Waals surface area contributed by atoms with Crippen LogP contribution in [-0.4, -0.2) is 24.2 Å². The van der Waals surface area contributed by atoms with Gasteiger partial charge >= 0.3 is 0 Å². The lowest BCUT2D eigenvalue weighted by molar-refractivity contribution is 0.221. The smallest absolute Gasteiger partial charge is 0.0308 e. The van der Waals surface area contributed by atoms with Crippen molar-refractivity contribution in [2.24, 2.45) is 22.9 Å². The number of hydrogen-bond donors (Lipinski definition) is 4. The molecule has 0 aromatic carbocycles. The van der Waals surface area contributed by atoms with Crippen molar-refractivity contribution in [2.45, 2.75) is 94.7 Å². The highest BCUT2D eigenvalue weighted by atomic mass is 14.9. The molecule has 120 valence electrons. The molecule has 1 fully saturated rings. The van der Waals surface area contributed by atoms with Crippen molar-refractivity contribution >= 4 is 0 Å². The monoisotopic (exact) mass is 284 g/mol. The summed E-state index contributed by atoms with van der Waals surface area (Å²) in [7, 11) is 0. The second-order valence-electron chi connectivity index (χ2n) is 6.73. The van der Waals surface area contributed by atoms with Gasteiger partial charge in [-0.3, -0.25) is 0 Å². The Labute approximate surface area is 125 Å². The van der Waals surface area contributed by atoms with E-state index in [1.54, 1.807) is 0 Å². The Kier molecular flexibility index (Phi) is 8.69. The second kappa shape index (κ2) is 9.72. The van der Waals surface area contributed by atoms with Crippen LogP contribution in [0.2, 0.25) is 0 Å². The van der Waals surface area contributed by atoms with E-state index in [0.717, 1.165) is 38.6 Å². The quantitative estimate of drug-likeness (QED) is 0.460. The first-order valence-electron chi connectivity index (χ1n) is 8.58. The molecule has 0 aromatic rings. The summed E-state index contributed by atoms with van der Waals surface area (Å²) in [5, 5.41) is 0. The van der Waals surface area contributed by atoms with Gasteiger partial charge in [0.2, 0.25) is 0 Å². The molecule has 0 aliphatic heterocycles. The number of hydrogen-bond acceptors (Lipinski definition) is 4. The third-order valence-corrected chi connectivity index (χ3v) is 4.92. The van der Waals surface area contributed by atoms with Gasteiger partial charge in [0.05, 0.1) is 0 Å². The highest BCUT2D eigenvalue weighted by Crippen LogP contribution is 2.29. The summed E-state index contributed by atoms with van der Waals surface area (Å²) in [6.45, 7) is 0.830. The zero-order valence-electron chi connectivity index (χ0n) is 13.2. The standard InChI is InChI=1S/C16H36N4/c17-13-7-5-3-1-2-4-6-8-15(19)16(20)11-9-14(18)10-12-16/h14-15H,1-13,17-20H2. The molecule has 0 aromatic heterocycles. The predicted octanol–water partition coefficient (Wildman–Crippen LogP) is 1.99. The summed E-state index contributed by atoms with van der Waals surface area (Å²) in [5.41, 5.74) is 24.1. The van der Waals surface area contributed by atoms with E-state index in [1.807, 2.05) is 0 Å². The van der Waals surface area contributed by atoms with Crippen molar-refractivity contribution < 1.29 is 0 Å². The van der Waals surface area contributed by atoms with Crippen LogP contribution in [0.5, 0.6) is 0 Å². The van der Waals surface area contributed by atoms with E-state index in [2.05, 4.69) is 0 Å². The molecule has 0 bridgehead atoms. The van der Waals surface area contributed by atoms with Crippen LogP contribution in [0.3, 0.4) is 0 Å². The molecule has 0 spiro atoms. The van der Waals surface area contributed by atoms with Gasteiger partial charge in [0.15, 0.2) is 0 Å². The third kappa shape index (κ3) is 6.53. The van der Waals surface area contributed by atoms with E-state index in [-0.39, 0.29) is 11.6 Å². The van der Waals surface area contributed by atoms with Crippen LogP contribution in [0.15, 0.2) is 0 Å². The molecular formula is C16H36N4. The second-order valence-corrected chi connectivity index (χ2v) is 6.73. The fourth-order valence-corrected chi connectivity index (χ4v) is 3.23. The summed E-state index contributed by atoms with van der Waals surface area (Å²) in [5.74, 6) is 0. The number of unbranched alkanes of at least 4 members (excludes halogenated alkanes) is 6. The Morgan fingerprint density at radius 2 is 1.40 bits per heavy atom. The van der Waals surface area contributed by atoms with Crippen LogP contribution >= 0.6 is 0 Å². The first-order chi connectivity index (χ1) is 9.58. The predicted molar refractivity (Wildman–Crippen MR) is 87.3 cm³/mol. The maximum Gasteiger partial charge on any atom is 0.0308 e. The van der Waals surface area contributed by atoms with Gasteiger partial charge in [0.1, 0.15) is 0 Å². The van der Waals surface area contributed by atoms with Gasteiger partial charge in [-0.25, -0.2) is 0 Å². The lowest BCUT2D eigenvalue weighted by atomic mass is 9.74. The molecule has 1 aliphatic rings. The van der Waals surface area contributed by atoms with Crippen LogP contribution in [0.4, 0.5) is 0 Å². The lowest BCUT2D eigenvalue weighted by Crippen LogP contribution is -2.58.